The zero-order valence-corrected chi connectivity index (χ0v) is 22.9. The van der Waals surface area contributed by atoms with Crippen LogP contribution in [-0.4, -0.2) is 84.8 Å². The Kier molecular flexibility index (Phi) is 8.33. The van der Waals surface area contributed by atoms with Crippen molar-refractivity contribution in [2.24, 2.45) is 5.92 Å². The van der Waals surface area contributed by atoms with Gasteiger partial charge >= 0.3 is 0 Å². The van der Waals surface area contributed by atoms with Crippen LogP contribution in [0.1, 0.15) is 50.0 Å². The first kappa shape index (κ1) is 27.3. The van der Waals surface area contributed by atoms with Crippen LogP contribution in [-0.2, 0) is 14.6 Å². The lowest BCUT2D eigenvalue weighted by Gasteiger charge is -2.44. The first-order valence-electron chi connectivity index (χ1n) is 13.1. The van der Waals surface area contributed by atoms with E-state index in [-0.39, 0.29) is 35.2 Å². The van der Waals surface area contributed by atoms with Crippen molar-refractivity contribution in [2.75, 3.05) is 25.6 Å². The number of amides is 2. The van der Waals surface area contributed by atoms with Crippen LogP contribution < -0.4 is 5.32 Å². The Balaban J connectivity index is 1.45. The summed E-state index contributed by atoms with van der Waals surface area (Å²) in [5.74, 6) is -0.575. The minimum Gasteiger partial charge on any atom is -0.339 e. The second-order valence-electron chi connectivity index (χ2n) is 10.8. The van der Waals surface area contributed by atoms with Crippen molar-refractivity contribution in [1.82, 2.24) is 20.1 Å². The molecule has 1 N–H and O–H groups in total. The van der Waals surface area contributed by atoms with E-state index < -0.39 is 15.9 Å². The number of likely N-dealkylation sites (tertiary alicyclic amines) is 1. The Hall–Kier alpha value is -2.78. The standard InChI is InChI=1S/C28H38N4O4S/c1-19(2)31(3)22-13-14-26(21(17-22)18-37(4,35)36)32-16-15-25(28(32)34)30-27(33)24-12-8-11-23(29-24)20-9-6-5-7-10-20/h5-12,19,21-22,25-26H,13-18H2,1-4H3,(H,30,33)/t21-,22+,25?,26-/m0/s1. The second-order valence-corrected chi connectivity index (χ2v) is 13.0. The Morgan fingerprint density at radius 1 is 1.11 bits per heavy atom. The lowest BCUT2D eigenvalue weighted by atomic mass is 9.81. The molecule has 2 heterocycles. The van der Waals surface area contributed by atoms with Crippen LogP contribution in [0.3, 0.4) is 0 Å². The quantitative estimate of drug-likeness (QED) is 0.568. The van der Waals surface area contributed by atoms with E-state index in [1.807, 2.05) is 41.3 Å². The molecule has 1 aliphatic heterocycles. The summed E-state index contributed by atoms with van der Waals surface area (Å²) in [4.78, 5) is 35.1. The molecule has 8 nitrogen and oxygen atoms in total. The molecule has 0 radical (unpaired) electrons. The van der Waals surface area contributed by atoms with Gasteiger partial charge in [-0.25, -0.2) is 13.4 Å². The maximum Gasteiger partial charge on any atom is 0.270 e. The number of sulfone groups is 1. The fraction of sp³-hybridized carbons (Fsp3) is 0.536. The van der Waals surface area contributed by atoms with Crippen LogP contribution in [0, 0.1) is 5.92 Å². The molecule has 1 aromatic carbocycles. The van der Waals surface area contributed by atoms with Crippen LogP contribution in [0.5, 0.6) is 0 Å². The van der Waals surface area contributed by atoms with E-state index in [9.17, 15) is 18.0 Å². The summed E-state index contributed by atoms with van der Waals surface area (Å²) in [7, 11) is -1.12. The van der Waals surface area contributed by atoms with Gasteiger partial charge in [0, 0.05) is 36.5 Å². The lowest BCUT2D eigenvalue weighted by Crippen LogP contribution is -2.53. The first-order valence-corrected chi connectivity index (χ1v) is 15.1. The molecular formula is C28H38N4O4S. The monoisotopic (exact) mass is 526 g/mol. The Labute approximate surface area is 220 Å². The number of hydrogen-bond acceptors (Lipinski definition) is 6. The molecule has 1 saturated heterocycles. The molecule has 0 bridgehead atoms. The predicted octanol–water partition coefficient (Wildman–Crippen LogP) is 3.00. The topological polar surface area (TPSA) is 99.7 Å². The lowest BCUT2D eigenvalue weighted by molar-refractivity contribution is -0.133. The summed E-state index contributed by atoms with van der Waals surface area (Å²) in [5.41, 5.74) is 1.87. The van der Waals surface area contributed by atoms with Gasteiger partial charge in [0.1, 0.15) is 21.6 Å². The third-order valence-corrected chi connectivity index (χ3v) is 8.85. The van der Waals surface area contributed by atoms with Crippen molar-refractivity contribution in [2.45, 2.75) is 63.7 Å². The van der Waals surface area contributed by atoms with Crippen molar-refractivity contribution < 1.29 is 18.0 Å². The molecule has 4 rings (SSSR count). The number of benzene rings is 1. The number of hydrogen-bond donors (Lipinski definition) is 1. The summed E-state index contributed by atoms with van der Waals surface area (Å²) >= 11 is 0. The largest absolute Gasteiger partial charge is 0.339 e. The zero-order chi connectivity index (χ0) is 26.7. The third-order valence-electron chi connectivity index (χ3n) is 7.82. The fourth-order valence-electron chi connectivity index (χ4n) is 5.72. The molecule has 2 amide bonds. The third kappa shape index (κ3) is 6.57. The van der Waals surface area contributed by atoms with Crippen LogP contribution in [0.4, 0.5) is 0 Å². The Bertz CT molecular complexity index is 1220. The molecule has 0 spiro atoms. The highest BCUT2D eigenvalue weighted by atomic mass is 32.2. The maximum atomic E-state index is 13.4. The van der Waals surface area contributed by atoms with E-state index in [2.05, 4.69) is 36.1 Å². The van der Waals surface area contributed by atoms with Crippen molar-refractivity contribution in [3.63, 3.8) is 0 Å². The van der Waals surface area contributed by atoms with Gasteiger partial charge in [-0.15, -0.1) is 0 Å². The summed E-state index contributed by atoms with van der Waals surface area (Å²) in [6.45, 7) is 4.79. The van der Waals surface area contributed by atoms with Gasteiger partial charge in [-0.05, 0) is 64.6 Å². The smallest absolute Gasteiger partial charge is 0.270 e. The number of nitrogens with one attached hydrogen (secondary N) is 1. The Morgan fingerprint density at radius 2 is 1.84 bits per heavy atom. The van der Waals surface area contributed by atoms with Crippen molar-refractivity contribution >= 4 is 21.7 Å². The molecule has 9 heteroatoms. The molecule has 200 valence electrons. The van der Waals surface area contributed by atoms with E-state index in [4.69, 9.17) is 0 Å². The number of nitrogens with zero attached hydrogens (tertiary/aromatic N) is 3. The average Bonchev–Trinajstić information content (AvgIpc) is 3.22. The highest BCUT2D eigenvalue weighted by Gasteiger charge is 2.43. The molecular weight excluding hydrogens is 488 g/mol. The SMILES string of the molecule is CC(C)N(C)[C@@H]1CC[C@H](N2CCC(NC(=O)c3cccc(-c4ccccc4)n3)C2=O)[C@H](CS(C)(=O)=O)C1. The van der Waals surface area contributed by atoms with Gasteiger partial charge in [-0.3, -0.25) is 9.59 Å². The molecule has 1 aromatic heterocycles. The number of carbonyl (C=O) groups excluding carboxylic acids is 2. The molecule has 37 heavy (non-hydrogen) atoms. The summed E-state index contributed by atoms with van der Waals surface area (Å²) in [5, 5.41) is 2.88. The summed E-state index contributed by atoms with van der Waals surface area (Å²) in [6.07, 6.45) is 4.18. The van der Waals surface area contributed by atoms with Gasteiger partial charge in [-0.1, -0.05) is 36.4 Å². The summed E-state index contributed by atoms with van der Waals surface area (Å²) in [6, 6.07) is 14.8. The maximum absolute atomic E-state index is 13.4. The fourth-order valence-corrected chi connectivity index (χ4v) is 6.86. The molecule has 2 fully saturated rings. The van der Waals surface area contributed by atoms with E-state index in [1.54, 1.807) is 12.1 Å². The predicted molar refractivity (Wildman–Crippen MR) is 145 cm³/mol. The first-order chi connectivity index (χ1) is 17.5. The van der Waals surface area contributed by atoms with E-state index in [0.29, 0.717) is 30.7 Å². The van der Waals surface area contributed by atoms with E-state index >= 15 is 0 Å². The molecule has 1 unspecified atom stereocenters. The van der Waals surface area contributed by atoms with E-state index in [0.717, 1.165) is 24.8 Å². The van der Waals surface area contributed by atoms with Gasteiger partial charge in [-0.2, -0.15) is 0 Å². The average molecular weight is 527 g/mol. The highest BCUT2D eigenvalue weighted by Crippen LogP contribution is 2.35. The minimum atomic E-state index is -3.20. The normalized spacial score (nSPS) is 24.6. The van der Waals surface area contributed by atoms with Crippen molar-refractivity contribution in [1.29, 1.82) is 0 Å². The van der Waals surface area contributed by atoms with Gasteiger partial charge in [0.25, 0.3) is 5.91 Å². The number of pyridine rings is 1. The van der Waals surface area contributed by atoms with Gasteiger partial charge in [0.15, 0.2) is 0 Å². The van der Waals surface area contributed by atoms with Crippen LogP contribution in [0.15, 0.2) is 48.5 Å². The zero-order valence-electron chi connectivity index (χ0n) is 22.1. The second kappa shape index (κ2) is 11.3. The molecule has 2 aliphatic rings. The van der Waals surface area contributed by atoms with Crippen LogP contribution >= 0.6 is 0 Å². The molecule has 4 atom stereocenters. The van der Waals surface area contributed by atoms with Crippen molar-refractivity contribution in [3.05, 3.63) is 54.2 Å². The number of rotatable bonds is 8. The van der Waals surface area contributed by atoms with E-state index in [1.165, 1.54) is 6.26 Å². The summed E-state index contributed by atoms with van der Waals surface area (Å²) < 4.78 is 24.5. The Morgan fingerprint density at radius 3 is 2.51 bits per heavy atom. The highest BCUT2D eigenvalue weighted by molar-refractivity contribution is 7.90. The molecule has 2 aromatic rings. The van der Waals surface area contributed by atoms with Gasteiger partial charge in [0.05, 0.1) is 11.4 Å². The molecule has 1 aliphatic carbocycles. The van der Waals surface area contributed by atoms with Gasteiger partial charge < -0.3 is 15.1 Å². The van der Waals surface area contributed by atoms with Crippen LogP contribution in [0.25, 0.3) is 11.3 Å². The van der Waals surface area contributed by atoms with Crippen LogP contribution in [0.2, 0.25) is 0 Å². The molecule has 1 saturated carbocycles. The number of carbonyl (C=O) groups is 2. The van der Waals surface area contributed by atoms with Crippen molar-refractivity contribution in [3.8, 4) is 11.3 Å². The minimum absolute atomic E-state index is 0.0666. The number of aromatic nitrogens is 1. The van der Waals surface area contributed by atoms with Gasteiger partial charge in [0.2, 0.25) is 5.91 Å².